The van der Waals surface area contributed by atoms with Gasteiger partial charge in [0.15, 0.2) is 17.2 Å². The van der Waals surface area contributed by atoms with Gasteiger partial charge in [-0.1, -0.05) is 55.5 Å². The third-order valence-corrected chi connectivity index (χ3v) is 6.44. The highest BCUT2D eigenvalue weighted by molar-refractivity contribution is 5.92. The molecule has 1 aromatic heterocycles. The van der Waals surface area contributed by atoms with Gasteiger partial charge < -0.3 is 20.3 Å². The molecule has 4 heteroatoms. The normalized spacial score (nSPS) is 15.0. The fraction of sp³-hybridized carbons (Fsp3) is 0.154. The Bertz CT molecular complexity index is 1280. The van der Waals surface area contributed by atoms with Gasteiger partial charge in [0.2, 0.25) is 0 Å². The van der Waals surface area contributed by atoms with Crippen molar-refractivity contribution in [3.05, 3.63) is 95.2 Å². The molecule has 3 aromatic carbocycles. The SMILES string of the molecule is CCC(C1=CCc2ccccc21)(c1cc(O)c(O)c(O)c1)c1c[nH]c2ccccc12. The predicted molar refractivity (Wildman–Crippen MR) is 119 cm³/mol. The van der Waals surface area contributed by atoms with Gasteiger partial charge in [-0.3, -0.25) is 0 Å². The number of nitrogens with one attached hydrogen (secondary N) is 1. The number of H-pyrrole nitrogens is 1. The van der Waals surface area contributed by atoms with E-state index in [9.17, 15) is 15.3 Å². The number of phenols is 3. The third-order valence-electron chi connectivity index (χ3n) is 6.44. The van der Waals surface area contributed by atoms with Crippen molar-refractivity contribution in [3.8, 4) is 17.2 Å². The average Bonchev–Trinajstić information content (AvgIpc) is 3.39. The monoisotopic (exact) mass is 397 g/mol. The van der Waals surface area contributed by atoms with E-state index in [1.807, 2.05) is 36.5 Å². The molecule has 4 N–H and O–H groups in total. The Morgan fingerprint density at radius 2 is 1.63 bits per heavy atom. The van der Waals surface area contributed by atoms with E-state index < -0.39 is 11.2 Å². The highest BCUT2D eigenvalue weighted by Gasteiger charge is 2.41. The van der Waals surface area contributed by atoms with Gasteiger partial charge in [0.25, 0.3) is 0 Å². The van der Waals surface area contributed by atoms with Crippen molar-refractivity contribution < 1.29 is 15.3 Å². The predicted octanol–water partition coefficient (Wildman–Crippen LogP) is 5.62. The molecule has 1 unspecified atom stereocenters. The minimum Gasteiger partial charge on any atom is -0.504 e. The number of aromatic amines is 1. The Labute approximate surface area is 174 Å². The van der Waals surface area contributed by atoms with E-state index in [0.29, 0.717) is 6.42 Å². The molecule has 0 amide bonds. The fourth-order valence-electron chi connectivity index (χ4n) is 5.00. The molecule has 0 aliphatic heterocycles. The van der Waals surface area contributed by atoms with Crippen LogP contribution < -0.4 is 0 Å². The molecule has 1 heterocycles. The molecule has 30 heavy (non-hydrogen) atoms. The van der Waals surface area contributed by atoms with Crippen molar-refractivity contribution in [1.29, 1.82) is 0 Å². The van der Waals surface area contributed by atoms with Crippen LogP contribution in [-0.2, 0) is 11.8 Å². The standard InChI is InChI=1S/C26H23NO3/c1-2-26(17-13-23(28)25(30)24(29)14-17,20-12-11-16-7-3-4-8-18(16)20)21-15-27-22-10-6-5-9-19(21)22/h3-10,12-15,27-30H,2,11H2,1H3. The number of aromatic hydroxyl groups is 3. The van der Waals surface area contributed by atoms with Crippen molar-refractivity contribution in [1.82, 2.24) is 4.98 Å². The molecule has 4 nitrogen and oxygen atoms in total. The Morgan fingerprint density at radius 1 is 0.933 bits per heavy atom. The smallest absolute Gasteiger partial charge is 0.200 e. The van der Waals surface area contributed by atoms with Gasteiger partial charge in [-0.15, -0.1) is 0 Å². The van der Waals surface area contributed by atoms with E-state index in [2.05, 4.69) is 36.2 Å². The van der Waals surface area contributed by atoms with Crippen molar-refractivity contribution in [2.45, 2.75) is 25.2 Å². The number of hydrogen-bond acceptors (Lipinski definition) is 3. The average molecular weight is 397 g/mol. The van der Waals surface area contributed by atoms with Crippen LogP contribution in [0.5, 0.6) is 17.2 Å². The number of para-hydroxylation sites is 1. The molecule has 0 bridgehead atoms. The van der Waals surface area contributed by atoms with Crippen molar-refractivity contribution >= 4 is 16.5 Å². The number of phenolic OH excluding ortho intramolecular Hbond substituents is 3. The van der Waals surface area contributed by atoms with Crippen LogP contribution in [0.4, 0.5) is 0 Å². The Balaban J connectivity index is 1.87. The van der Waals surface area contributed by atoms with Gasteiger partial charge >= 0.3 is 0 Å². The largest absolute Gasteiger partial charge is 0.504 e. The zero-order valence-electron chi connectivity index (χ0n) is 16.7. The molecule has 150 valence electrons. The maximum absolute atomic E-state index is 10.4. The van der Waals surface area contributed by atoms with E-state index in [1.165, 1.54) is 11.1 Å². The van der Waals surface area contributed by atoms with E-state index >= 15 is 0 Å². The molecular weight excluding hydrogens is 374 g/mol. The minimum absolute atomic E-state index is 0.324. The molecule has 1 aliphatic carbocycles. The number of allylic oxidation sites excluding steroid dienone is 2. The maximum atomic E-state index is 10.4. The molecule has 0 radical (unpaired) electrons. The molecule has 0 saturated heterocycles. The van der Waals surface area contributed by atoms with Crippen LogP contribution in [-0.4, -0.2) is 20.3 Å². The Morgan fingerprint density at radius 3 is 2.40 bits per heavy atom. The lowest BCUT2D eigenvalue weighted by Gasteiger charge is -2.36. The molecule has 4 aromatic rings. The second-order valence-corrected chi connectivity index (χ2v) is 7.85. The first-order valence-corrected chi connectivity index (χ1v) is 10.2. The molecule has 0 saturated carbocycles. The Kier molecular flexibility index (Phi) is 4.10. The first kappa shape index (κ1) is 18.4. The Hall–Kier alpha value is -3.66. The van der Waals surface area contributed by atoms with Gasteiger partial charge in [0, 0.05) is 22.5 Å². The molecule has 1 atom stereocenters. The van der Waals surface area contributed by atoms with E-state index in [-0.39, 0.29) is 11.5 Å². The van der Waals surface area contributed by atoms with Crippen LogP contribution in [0.1, 0.15) is 35.6 Å². The zero-order valence-corrected chi connectivity index (χ0v) is 16.7. The molecule has 5 rings (SSSR count). The first-order valence-electron chi connectivity index (χ1n) is 10.2. The summed E-state index contributed by atoms with van der Waals surface area (Å²) in [7, 11) is 0. The topological polar surface area (TPSA) is 76.5 Å². The minimum atomic E-state index is -0.616. The van der Waals surface area contributed by atoms with Crippen LogP contribution in [0.25, 0.3) is 16.5 Å². The highest BCUT2D eigenvalue weighted by Crippen LogP contribution is 2.53. The molecule has 1 aliphatic rings. The summed E-state index contributed by atoms with van der Waals surface area (Å²) in [6.07, 6.45) is 5.82. The van der Waals surface area contributed by atoms with Crippen LogP contribution >= 0.6 is 0 Å². The lowest BCUT2D eigenvalue weighted by atomic mass is 9.65. The second-order valence-electron chi connectivity index (χ2n) is 7.85. The van der Waals surface area contributed by atoms with Crippen LogP contribution in [0.3, 0.4) is 0 Å². The number of fused-ring (bicyclic) bond motifs is 2. The van der Waals surface area contributed by atoms with Crippen molar-refractivity contribution in [2.24, 2.45) is 0 Å². The van der Waals surface area contributed by atoms with Gasteiger partial charge in [0.05, 0.1) is 0 Å². The summed E-state index contributed by atoms with van der Waals surface area (Å²) in [5.74, 6) is -1.15. The van der Waals surface area contributed by atoms with Gasteiger partial charge in [-0.05, 0) is 58.9 Å². The van der Waals surface area contributed by atoms with E-state index in [1.54, 1.807) is 12.1 Å². The fourth-order valence-corrected chi connectivity index (χ4v) is 5.00. The zero-order chi connectivity index (χ0) is 20.9. The lowest BCUT2D eigenvalue weighted by molar-refractivity contribution is 0.366. The molecular formula is C26H23NO3. The van der Waals surface area contributed by atoms with Gasteiger partial charge in [0.1, 0.15) is 0 Å². The lowest BCUT2D eigenvalue weighted by Crippen LogP contribution is -2.28. The number of hydrogen-bond donors (Lipinski definition) is 4. The third kappa shape index (κ3) is 2.47. The maximum Gasteiger partial charge on any atom is 0.200 e. The van der Waals surface area contributed by atoms with E-state index in [0.717, 1.165) is 34.0 Å². The summed E-state index contributed by atoms with van der Waals surface area (Å²) in [6.45, 7) is 2.12. The van der Waals surface area contributed by atoms with Gasteiger partial charge in [-0.25, -0.2) is 0 Å². The summed E-state index contributed by atoms with van der Waals surface area (Å²) < 4.78 is 0. The van der Waals surface area contributed by atoms with Crippen molar-refractivity contribution in [2.75, 3.05) is 0 Å². The van der Waals surface area contributed by atoms with Crippen molar-refractivity contribution in [3.63, 3.8) is 0 Å². The highest BCUT2D eigenvalue weighted by atomic mass is 16.3. The van der Waals surface area contributed by atoms with Crippen LogP contribution in [0, 0.1) is 0 Å². The first-order chi connectivity index (χ1) is 14.6. The van der Waals surface area contributed by atoms with Gasteiger partial charge in [-0.2, -0.15) is 0 Å². The van der Waals surface area contributed by atoms with E-state index in [4.69, 9.17) is 0 Å². The van der Waals surface area contributed by atoms with Crippen LogP contribution in [0.2, 0.25) is 0 Å². The molecule has 0 spiro atoms. The summed E-state index contributed by atoms with van der Waals surface area (Å²) in [5, 5.41) is 31.8. The van der Waals surface area contributed by atoms with Crippen LogP contribution in [0.15, 0.2) is 72.9 Å². The quantitative estimate of drug-likeness (QED) is 0.338. The molecule has 0 fully saturated rings. The summed E-state index contributed by atoms with van der Waals surface area (Å²) in [6, 6.07) is 19.7. The number of aromatic nitrogens is 1. The number of benzene rings is 3. The summed E-state index contributed by atoms with van der Waals surface area (Å²) in [4.78, 5) is 3.38. The summed E-state index contributed by atoms with van der Waals surface area (Å²) >= 11 is 0. The number of rotatable bonds is 4. The summed E-state index contributed by atoms with van der Waals surface area (Å²) in [5.41, 5.74) is 5.82. The second kappa shape index (κ2) is 6.70.